The van der Waals surface area contributed by atoms with E-state index in [1.165, 1.54) is 10.7 Å². The molecule has 0 spiro atoms. The molecule has 0 aliphatic carbocycles. The molecule has 0 fully saturated rings. The number of hydrogen-bond donors (Lipinski definition) is 1. The summed E-state index contributed by atoms with van der Waals surface area (Å²) >= 11 is 0. The van der Waals surface area contributed by atoms with Crippen molar-refractivity contribution in [2.24, 2.45) is 0 Å². The van der Waals surface area contributed by atoms with Crippen LogP contribution in [0.3, 0.4) is 0 Å². The summed E-state index contributed by atoms with van der Waals surface area (Å²) in [4.78, 5) is 11.5. The Labute approximate surface area is 122 Å². The van der Waals surface area contributed by atoms with Gasteiger partial charge in [0.2, 0.25) is 0 Å². The number of aliphatic hydroxyl groups is 1. The Morgan fingerprint density at radius 3 is 3.00 bits per heavy atom. The lowest BCUT2D eigenvalue weighted by Gasteiger charge is -2.07. The van der Waals surface area contributed by atoms with Crippen LogP contribution in [-0.4, -0.2) is 28.1 Å². The van der Waals surface area contributed by atoms with E-state index in [4.69, 9.17) is 9.84 Å². The van der Waals surface area contributed by atoms with Gasteiger partial charge in [-0.2, -0.15) is 5.10 Å². The maximum atomic E-state index is 11.5. The Morgan fingerprint density at radius 1 is 1.29 bits per heavy atom. The van der Waals surface area contributed by atoms with Gasteiger partial charge < -0.3 is 9.84 Å². The molecule has 0 atom stereocenters. The number of aromatic nitrogens is 2. The molecule has 0 aliphatic rings. The van der Waals surface area contributed by atoms with E-state index in [1.54, 1.807) is 12.3 Å². The maximum absolute atomic E-state index is 11.5. The van der Waals surface area contributed by atoms with Crippen LogP contribution >= 0.6 is 0 Å². The van der Waals surface area contributed by atoms with Gasteiger partial charge in [0.05, 0.1) is 13.2 Å². The Hall–Kier alpha value is -2.58. The molecule has 5 heteroatoms. The molecule has 0 radical (unpaired) electrons. The van der Waals surface area contributed by atoms with Crippen molar-refractivity contribution >= 4 is 0 Å². The first-order valence-corrected chi connectivity index (χ1v) is 6.64. The lowest BCUT2D eigenvalue weighted by molar-refractivity contribution is 0.287. The third-order valence-corrected chi connectivity index (χ3v) is 2.66. The third-order valence-electron chi connectivity index (χ3n) is 2.66. The topological polar surface area (TPSA) is 64.4 Å². The molecular weight excluding hydrogens is 268 g/mol. The highest BCUT2D eigenvalue weighted by molar-refractivity contribution is 5.39. The zero-order valence-corrected chi connectivity index (χ0v) is 11.5. The van der Waals surface area contributed by atoms with Crippen molar-refractivity contribution < 1.29 is 9.84 Å². The molecule has 0 aliphatic heterocycles. The van der Waals surface area contributed by atoms with Crippen molar-refractivity contribution in [2.75, 3.05) is 13.2 Å². The summed E-state index contributed by atoms with van der Waals surface area (Å²) in [7, 11) is 0. The van der Waals surface area contributed by atoms with Gasteiger partial charge in [-0.25, -0.2) is 4.68 Å². The SMILES string of the molecule is O=c1cccnn1CCOc1cccc(C#CCCO)c1. The molecule has 1 aromatic carbocycles. The second-order valence-corrected chi connectivity index (χ2v) is 4.24. The number of aliphatic hydroxyl groups excluding tert-OH is 1. The van der Waals surface area contributed by atoms with Crippen molar-refractivity contribution in [1.82, 2.24) is 9.78 Å². The molecule has 21 heavy (non-hydrogen) atoms. The Balaban J connectivity index is 1.92. The van der Waals surface area contributed by atoms with Gasteiger partial charge in [0.25, 0.3) is 5.56 Å². The second kappa shape index (κ2) is 7.88. The van der Waals surface area contributed by atoms with Gasteiger partial charge in [-0.3, -0.25) is 4.79 Å². The molecule has 0 unspecified atom stereocenters. The summed E-state index contributed by atoms with van der Waals surface area (Å²) in [5.74, 6) is 6.49. The van der Waals surface area contributed by atoms with E-state index in [1.807, 2.05) is 24.3 Å². The standard InChI is InChI=1S/C16H16N2O3/c19-11-2-1-5-14-6-3-7-15(13-14)21-12-10-18-16(20)8-4-9-17-18/h3-4,6-9,13,19H,2,10-12H2. The van der Waals surface area contributed by atoms with Gasteiger partial charge in [-0.15, -0.1) is 0 Å². The smallest absolute Gasteiger partial charge is 0.266 e. The minimum Gasteiger partial charge on any atom is -0.492 e. The highest BCUT2D eigenvalue weighted by Crippen LogP contribution is 2.12. The quantitative estimate of drug-likeness (QED) is 0.834. The van der Waals surface area contributed by atoms with Gasteiger partial charge in [-0.1, -0.05) is 17.9 Å². The van der Waals surface area contributed by atoms with Crippen LogP contribution in [-0.2, 0) is 6.54 Å². The van der Waals surface area contributed by atoms with Crippen LogP contribution in [0.25, 0.3) is 0 Å². The van der Waals surface area contributed by atoms with Gasteiger partial charge >= 0.3 is 0 Å². The van der Waals surface area contributed by atoms with E-state index in [9.17, 15) is 4.79 Å². The monoisotopic (exact) mass is 284 g/mol. The molecule has 108 valence electrons. The second-order valence-electron chi connectivity index (χ2n) is 4.24. The van der Waals surface area contributed by atoms with Crippen LogP contribution in [0.1, 0.15) is 12.0 Å². The van der Waals surface area contributed by atoms with E-state index in [0.717, 1.165) is 5.56 Å². The Bertz CT molecular complexity index is 698. The minimum atomic E-state index is -0.148. The predicted octanol–water partition coefficient (Wildman–Crippen LogP) is 1.06. The summed E-state index contributed by atoms with van der Waals surface area (Å²) in [6.45, 7) is 0.798. The van der Waals surface area contributed by atoms with Crippen LogP contribution in [0.4, 0.5) is 0 Å². The molecule has 0 saturated heterocycles. The van der Waals surface area contributed by atoms with Crippen LogP contribution in [0, 0.1) is 11.8 Å². The molecule has 0 amide bonds. The fourth-order valence-electron chi connectivity index (χ4n) is 1.69. The van der Waals surface area contributed by atoms with E-state index in [0.29, 0.717) is 25.3 Å². The average molecular weight is 284 g/mol. The van der Waals surface area contributed by atoms with Gasteiger partial charge in [-0.05, 0) is 24.3 Å². The molecule has 0 saturated carbocycles. The zero-order valence-electron chi connectivity index (χ0n) is 11.5. The lowest BCUT2D eigenvalue weighted by Crippen LogP contribution is -2.24. The molecule has 2 aromatic rings. The summed E-state index contributed by atoms with van der Waals surface area (Å²) in [6, 6.07) is 10.5. The van der Waals surface area contributed by atoms with Crippen LogP contribution in [0.15, 0.2) is 47.4 Å². The van der Waals surface area contributed by atoms with Crippen molar-refractivity contribution in [1.29, 1.82) is 0 Å². The van der Waals surface area contributed by atoms with Crippen molar-refractivity contribution in [2.45, 2.75) is 13.0 Å². The van der Waals surface area contributed by atoms with Gasteiger partial charge in [0, 0.05) is 24.2 Å². The molecule has 1 aromatic heterocycles. The third kappa shape index (κ3) is 4.79. The molecule has 2 rings (SSSR count). The van der Waals surface area contributed by atoms with Gasteiger partial charge in [0.15, 0.2) is 0 Å². The van der Waals surface area contributed by atoms with Gasteiger partial charge in [0.1, 0.15) is 12.4 Å². The number of ether oxygens (including phenoxy) is 1. The summed E-state index contributed by atoms with van der Waals surface area (Å²) in [6.07, 6.45) is 2.02. The van der Waals surface area contributed by atoms with Crippen LogP contribution < -0.4 is 10.3 Å². The highest BCUT2D eigenvalue weighted by atomic mass is 16.5. The zero-order chi connectivity index (χ0) is 14.9. The fraction of sp³-hybridized carbons (Fsp3) is 0.250. The fourth-order valence-corrected chi connectivity index (χ4v) is 1.69. The summed E-state index contributed by atoms with van der Waals surface area (Å²) in [5, 5.41) is 12.6. The molecule has 1 N–H and O–H groups in total. The first-order chi connectivity index (χ1) is 10.3. The van der Waals surface area contributed by atoms with Crippen molar-refractivity contribution in [3.05, 3.63) is 58.5 Å². The number of benzene rings is 1. The van der Waals surface area contributed by atoms with Crippen LogP contribution in [0.5, 0.6) is 5.75 Å². The lowest BCUT2D eigenvalue weighted by atomic mass is 10.2. The average Bonchev–Trinajstić information content (AvgIpc) is 2.50. The Morgan fingerprint density at radius 2 is 2.19 bits per heavy atom. The first kappa shape index (κ1) is 14.8. The van der Waals surface area contributed by atoms with E-state index >= 15 is 0 Å². The highest BCUT2D eigenvalue weighted by Gasteiger charge is 1.98. The number of nitrogens with zero attached hydrogens (tertiary/aromatic N) is 2. The van der Waals surface area contributed by atoms with Crippen molar-refractivity contribution in [3.8, 4) is 17.6 Å². The minimum absolute atomic E-state index is 0.0576. The van der Waals surface area contributed by atoms with E-state index < -0.39 is 0 Å². The van der Waals surface area contributed by atoms with E-state index in [2.05, 4.69) is 16.9 Å². The summed E-state index contributed by atoms with van der Waals surface area (Å²) in [5.41, 5.74) is 0.681. The predicted molar refractivity (Wildman–Crippen MR) is 79.0 cm³/mol. The first-order valence-electron chi connectivity index (χ1n) is 6.64. The largest absolute Gasteiger partial charge is 0.492 e. The molecule has 5 nitrogen and oxygen atoms in total. The molecular formula is C16H16N2O3. The normalized spacial score (nSPS) is 9.76. The summed E-state index contributed by atoms with van der Waals surface area (Å²) < 4.78 is 6.95. The maximum Gasteiger partial charge on any atom is 0.266 e. The molecule has 1 heterocycles. The number of hydrogen-bond acceptors (Lipinski definition) is 4. The molecule has 0 bridgehead atoms. The Kier molecular flexibility index (Phi) is 5.56. The number of rotatable bonds is 5. The van der Waals surface area contributed by atoms with Crippen molar-refractivity contribution in [3.63, 3.8) is 0 Å². The van der Waals surface area contributed by atoms with E-state index in [-0.39, 0.29) is 12.2 Å². The van der Waals surface area contributed by atoms with Crippen LogP contribution in [0.2, 0.25) is 0 Å².